The normalized spacial score (nSPS) is 18.9. The lowest BCUT2D eigenvalue weighted by atomic mass is 9.69. The SMILES string of the molecule is COc1cc(OC)c(C2C(C#N)=C(N)N(NC(=O)c3cccs3)C3=C2C(=O)CC(C)(C)C3)cc1OC. The molecule has 1 unspecified atom stereocenters. The fourth-order valence-corrected chi connectivity index (χ4v) is 5.40. The van der Waals surface area contributed by atoms with E-state index in [-0.39, 0.29) is 34.9 Å². The summed E-state index contributed by atoms with van der Waals surface area (Å²) in [6.07, 6.45) is 0.744. The number of methoxy groups -OCH3 is 3. The minimum absolute atomic E-state index is 0.0495. The molecule has 0 saturated carbocycles. The number of hydrogen-bond acceptors (Lipinski definition) is 9. The van der Waals surface area contributed by atoms with Crippen LogP contribution in [0.4, 0.5) is 0 Å². The lowest BCUT2D eigenvalue weighted by Crippen LogP contribution is -2.49. The van der Waals surface area contributed by atoms with E-state index in [4.69, 9.17) is 19.9 Å². The lowest BCUT2D eigenvalue weighted by Gasteiger charge is -2.43. The molecule has 2 heterocycles. The number of benzene rings is 1. The van der Waals surface area contributed by atoms with E-state index < -0.39 is 5.92 Å². The Morgan fingerprint density at radius 2 is 1.83 bits per heavy atom. The molecule has 1 aromatic carbocycles. The summed E-state index contributed by atoms with van der Waals surface area (Å²) in [5.41, 5.74) is 10.6. The van der Waals surface area contributed by atoms with E-state index >= 15 is 0 Å². The predicted octanol–water partition coefficient (Wildman–Crippen LogP) is 3.86. The van der Waals surface area contributed by atoms with Crippen molar-refractivity contribution in [3.8, 4) is 23.3 Å². The second kappa shape index (κ2) is 9.59. The van der Waals surface area contributed by atoms with Crippen molar-refractivity contribution in [2.45, 2.75) is 32.6 Å². The highest BCUT2D eigenvalue weighted by Gasteiger charge is 2.46. The Morgan fingerprint density at radius 3 is 2.42 bits per heavy atom. The van der Waals surface area contributed by atoms with Gasteiger partial charge in [0, 0.05) is 23.6 Å². The average Bonchev–Trinajstić information content (AvgIpc) is 3.39. The molecule has 1 aliphatic heterocycles. The molecule has 0 spiro atoms. The highest BCUT2D eigenvalue weighted by Crippen LogP contribution is 2.51. The fourth-order valence-electron chi connectivity index (χ4n) is 4.79. The first-order chi connectivity index (χ1) is 17.1. The number of allylic oxidation sites excluding steroid dienone is 3. The number of ketones is 1. The largest absolute Gasteiger partial charge is 0.496 e. The van der Waals surface area contributed by atoms with Gasteiger partial charge in [0.25, 0.3) is 5.91 Å². The van der Waals surface area contributed by atoms with Gasteiger partial charge in [-0.15, -0.1) is 11.3 Å². The van der Waals surface area contributed by atoms with Crippen LogP contribution in [0.2, 0.25) is 0 Å². The maximum atomic E-state index is 13.7. The summed E-state index contributed by atoms with van der Waals surface area (Å²) in [4.78, 5) is 27.1. The quantitative estimate of drug-likeness (QED) is 0.602. The number of ether oxygens (including phenoxy) is 3. The van der Waals surface area contributed by atoms with Gasteiger partial charge in [-0.1, -0.05) is 19.9 Å². The molecule has 0 fully saturated rings. The van der Waals surface area contributed by atoms with Gasteiger partial charge in [-0.3, -0.25) is 15.0 Å². The molecule has 10 heteroatoms. The molecule has 188 valence electrons. The van der Waals surface area contributed by atoms with Crippen molar-refractivity contribution >= 4 is 23.0 Å². The first-order valence-corrected chi connectivity index (χ1v) is 12.1. The van der Waals surface area contributed by atoms with Gasteiger partial charge < -0.3 is 19.9 Å². The number of Topliss-reactive ketones (excluding diaryl/α,β-unsaturated/α-hetero) is 1. The number of nitriles is 1. The Balaban J connectivity index is 1.95. The number of carbonyl (C=O) groups is 2. The Bertz CT molecular complexity index is 1320. The maximum absolute atomic E-state index is 13.7. The van der Waals surface area contributed by atoms with E-state index in [9.17, 15) is 14.9 Å². The van der Waals surface area contributed by atoms with Crippen molar-refractivity contribution in [3.05, 3.63) is 62.8 Å². The third-order valence-electron chi connectivity index (χ3n) is 6.39. The maximum Gasteiger partial charge on any atom is 0.280 e. The molecule has 0 saturated heterocycles. The van der Waals surface area contributed by atoms with E-state index in [0.717, 1.165) is 0 Å². The average molecular weight is 509 g/mol. The number of hydrogen-bond donors (Lipinski definition) is 2. The summed E-state index contributed by atoms with van der Waals surface area (Å²) in [6, 6.07) is 9.00. The van der Waals surface area contributed by atoms with Gasteiger partial charge in [0.2, 0.25) is 0 Å². The monoisotopic (exact) mass is 508 g/mol. The van der Waals surface area contributed by atoms with Gasteiger partial charge in [0.15, 0.2) is 17.3 Å². The van der Waals surface area contributed by atoms with Crippen LogP contribution in [0.25, 0.3) is 0 Å². The van der Waals surface area contributed by atoms with Crippen LogP contribution in [-0.4, -0.2) is 38.0 Å². The van der Waals surface area contributed by atoms with Crippen LogP contribution in [0.1, 0.15) is 47.8 Å². The number of nitrogens with one attached hydrogen (secondary N) is 1. The predicted molar refractivity (Wildman–Crippen MR) is 134 cm³/mol. The highest BCUT2D eigenvalue weighted by molar-refractivity contribution is 7.12. The zero-order chi connectivity index (χ0) is 26.2. The topological polar surface area (TPSA) is 127 Å². The zero-order valence-electron chi connectivity index (χ0n) is 20.8. The smallest absolute Gasteiger partial charge is 0.280 e. The van der Waals surface area contributed by atoms with Crippen LogP contribution >= 0.6 is 11.3 Å². The Kier molecular flexibility index (Phi) is 6.69. The summed E-state index contributed by atoms with van der Waals surface area (Å²) < 4.78 is 16.5. The molecule has 1 atom stereocenters. The molecule has 9 nitrogen and oxygen atoms in total. The van der Waals surface area contributed by atoms with E-state index in [0.29, 0.717) is 45.4 Å². The molecule has 2 aliphatic rings. The number of rotatable bonds is 6. The van der Waals surface area contributed by atoms with E-state index in [1.165, 1.54) is 37.7 Å². The van der Waals surface area contributed by atoms with Crippen molar-refractivity contribution in [1.82, 2.24) is 10.4 Å². The zero-order valence-corrected chi connectivity index (χ0v) is 21.6. The minimum atomic E-state index is -0.807. The number of hydrazine groups is 1. The van der Waals surface area contributed by atoms with Crippen LogP contribution in [0.5, 0.6) is 17.2 Å². The van der Waals surface area contributed by atoms with Crippen molar-refractivity contribution in [3.63, 3.8) is 0 Å². The molecule has 1 amide bonds. The Hall–Kier alpha value is -3.97. The summed E-state index contributed by atoms with van der Waals surface area (Å²) >= 11 is 1.28. The highest BCUT2D eigenvalue weighted by atomic mass is 32.1. The van der Waals surface area contributed by atoms with Gasteiger partial charge in [-0.05, 0) is 29.3 Å². The fraction of sp³-hybridized carbons (Fsp3) is 0.346. The standard InChI is InChI=1S/C26H28N4O5S/c1-26(2)11-16-23(17(31)12-26)22(14-9-19(34-4)20(35-5)10-18(14)33-3)15(13-27)24(28)30(16)29-25(32)21-7-6-8-36-21/h6-10,22H,11-12,28H2,1-5H3,(H,29,32). The molecule has 2 aromatic rings. The van der Waals surface area contributed by atoms with Gasteiger partial charge in [0.05, 0.1) is 49.5 Å². The number of amides is 1. The second-order valence-corrected chi connectivity index (χ2v) is 10.3. The summed E-state index contributed by atoms with van der Waals surface area (Å²) in [5.74, 6) is 0.0158. The summed E-state index contributed by atoms with van der Waals surface area (Å²) in [6.45, 7) is 3.97. The molecule has 0 bridgehead atoms. The van der Waals surface area contributed by atoms with E-state index in [1.807, 2.05) is 13.8 Å². The summed E-state index contributed by atoms with van der Waals surface area (Å²) in [5, 5.41) is 13.4. The number of nitrogens with two attached hydrogens (primary N) is 1. The molecule has 3 N–H and O–H groups in total. The second-order valence-electron chi connectivity index (χ2n) is 9.35. The Morgan fingerprint density at radius 1 is 1.17 bits per heavy atom. The summed E-state index contributed by atoms with van der Waals surface area (Å²) in [7, 11) is 4.52. The van der Waals surface area contributed by atoms with Crippen molar-refractivity contribution in [2.75, 3.05) is 21.3 Å². The van der Waals surface area contributed by atoms with Crippen LogP contribution in [-0.2, 0) is 4.79 Å². The molecule has 1 aromatic heterocycles. The van der Waals surface area contributed by atoms with E-state index in [1.54, 1.807) is 29.6 Å². The first-order valence-electron chi connectivity index (χ1n) is 11.3. The van der Waals surface area contributed by atoms with Gasteiger partial charge in [0.1, 0.15) is 11.6 Å². The molecule has 1 aliphatic carbocycles. The van der Waals surface area contributed by atoms with Gasteiger partial charge in [-0.25, -0.2) is 5.01 Å². The molecule has 36 heavy (non-hydrogen) atoms. The van der Waals surface area contributed by atoms with Crippen molar-refractivity contribution < 1.29 is 23.8 Å². The number of nitrogens with zero attached hydrogens (tertiary/aromatic N) is 2. The number of thiophene rings is 1. The van der Waals surface area contributed by atoms with Crippen molar-refractivity contribution in [1.29, 1.82) is 5.26 Å². The first kappa shape index (κ1) is 25.1. The Labute approximate surface area is 213 Å². The van der Waals surface area contributed by atoms with Gasteiger partial charge in [-0.2, -0.15) is 5.26 Å². The van der Waals surface area contributed by atoms with Crippen LogP contribution in [0.15, 0.2) is 52.3 Å². The van der Waals surface area contributed by atoms with E-state index in [2.05, 4.69) is 11.5 Å². The minimum Gasteiger partial charge on any atom is -0.496 e. The van der Waals surface area contributed by atoms with Crippen LogP contribution < -0.4 is 25.4 Å². The van der Waals surface area contributed by atoms with Gasteiger partial charge >= 0.3 is 0 Å². The third-order valence-corrected chi connectivity index (χ3v) is 7.25. The molecule has 4 rings (SSSR count). The molecular weight excluding hydrogens is 480 g/mol. The number of carbonyl (C=O) groups excluding carboxylic acids is 2. The molecular formula is C26H28N4O5S. The lowest BCUT2D eigenvalue weighted by molar-refractivity contribution is -0.118. The van der Waals surface area contributed by atoms with Crippen LogP contribution in [0, 0.1) is 16.7 Å². The van der Waals surface area contributed by atoms with Crippen molar-refractivity contribution in [2.24, 2.45) is 11.1 Å². The third kappa shape index (κ3) is 4.27. The van der Waals surface area contributed by atoms with Crippen LogP contribution in [0.3, 0.4) is 0 Å². The molecule has 0 radical (unpaired) electrons.